The number of nitrogens with zero attached hydrogens (tertiary/aromatic N) is 3. The van der Waals surface area contributed by atoms with E-state index in [9.17, 15) is 4.79 Å². The van der Waals surface area contributed by atoms with Crippen LogP contribution in [0.25, 0.3) is 17.2 Å². The van der Waals surface area contributed by atoms with Crippen molar-refractivity contribution in [1.82, 2.24) is 4.98 Å². The standard InChI is InChI=1S/C29H27N3O2/c1-31(2)26-15-13-25(14-16-26)24-11-8-22(9-12-24)21-32(27-6-4-3-5-7-27)28-18-23(19-30-20-28)10-17-29(33)34/h3-20H,21H2,1-2H3,(H,33,34)/b17-10+/i21D. The van der Waals surface area contributed by atoms with Gasteiger partial charge < -0.3 is 14.9 Å². The molecule has 0 saturated heterocycles. The first-order valence-corrected chi connectivity index (χ1v) is 10.9. The summed E-state index contributed by atoms with van der Waals surface area (Å²) in [5.74, 6) is -1.02. The molecule has 0 aliphatic heterocycles. The number of carboxylic acid groups (broad SMARTS) is 1. The summed E-state index contributed by atoms with van der Waals surface area (Å²) < 4.78 is 9.12. The molecule has 4 aromatic rings. The normalized spacial score (nSPS) is 12.2. The molecule has 4 rings (SSSR count). The molecule has 170 valence electrons. The predicted molar refractivity (Wildman–Crippen MR) is 139 cm³/mol. The Morgan fingerprint density at radius 2 is 1.53 bits per heavy atom. The van der Waals surface area contributed by atoms with Gasteiger partial charge in [0.15, 0.2) is 0 Å². The Bertz CT molecular complexity index is 1300. The Kier molecular flexibility index (Phi) is 6.62. The van der Waals surface area contributed by atoms with Gasteiger partial charge in [-0.25, -0.2) is 4.79 Å². The number of rotatable bonds is 8. The van der Waals surface area contributed by atoms with Crippen molar-refractivity contribution in [2.45, 2.75) is 6.52 Å². The monoisotopic (exact) mass is 450 g/mol. The lowest BCUT2D eigenvalue weighted by Crippen LogP contribution is -2.16. The zero-order valence-corrected chi connectivity index (χ0v) is 19.2. The number of hydrogen-bond acceptors (Lipinski definition) is 4. The summed E-state index contributed by atoms with van der Waals surface area (Å²) in [6.07, 6.45) is 5.86. The van der Waals surface area contributed by atoms with E-state index >= 15 is 0 Å². The minimum absolute atomic E-state index is 0.648. The van der Waals surface area contributed by atoms with Crippen molar-refractivity contribution < 1.29 is 11.3 Å². The largest absolute Gasteiger partial charge is 0.478 e. The Morgan fingerprint density at radius 3 is 2.15 bits per heavy atom. The summed E-state index contributed by atoms with van der Waals surface area (Å²) in [5.41, 5.74) is 6.36. The first-order valence-electron chi connectivity index (χ1n) is 11.5. The van der Waals surface area contributed by atoms with Gasteiger partial charge in [0, 0.05) is 44.3 Å². The molecule has 1 N–H and O–H groups in total. The fraction of sp³-hybridized carbons (Fsp3) is 0.103. The van der Waals surface area contributed by atoms with Gasteiger partial charge in [-0.2, -0.15) is 0 Å². The van der Waals surface area contributed by atoms with E-state index < -0.39 is 12.5 Å². The molecule has 0 fully saturated rings. The van der Waals surface area contributed by atoms with E-state index in [4.69, 9.17) is 6.48 Å². The Labute approximate surface area is 201 Å². The molecule has 34 heavy (non-hydrogen) atoms. The number of para-hydroxylation sites is 1. The predicted octanol–water partition coefficient (Wildman–Crippen LogP) is 6.25. The van der Waals surface area contributed by atoms with Crippen LogP contribution in [0.4, 0.5) is 17.1 Å². The molecule has 0 aliphatic rings. The number of benzene rings is 3. The fourth-order valence-electron chi connectivity index (χ4n) is 3.58. The van der Waals surface area contributed by atoms with Crippen molar-refractivity contribution >= 4 is 29.1 Å². The highest BCUT2D eigenvalue weighted by molar-refractivity contribution is 5.85. The van der Waals surface area contributed by atoms with E-state index in [0.717, 1.165) is 34.1 Å². The minimum Gasteiger partial charge on any atom is -0.478 e. The van der Waals surface area contributed by atoms with Crippen LogP contribution in [0.3, 0.4) is 0 Å². The van der Waals surface area contributed by atoms with Gasteiger partial charge in [-0.05, 0) is 58.7 Å². The van der Waals surface area contributed by atoms with Crippen molar-refractivity contribution in [3.05, 3.63) is 115 Å². The summed E-state index contributed by atoms with van der Waals surface area (Å²) >= 11 is 0. The number of pyridine rings is 1. The highest BCUT2D eigenvalue weighted by Gasteiger charge is 2.11. The van der Waals surface area contributed by atoms with E-state index in [1.807, 2.05) is 79.7 Å². The summed E-state index contributed by atoms with van der Waals surface area (Å²) in [6, 6.07) is 27.9. The van der Waals surface area contributed by atoms with Crippen molar-refractivity contribution in [1.29, 1.82) is 0 Å². The molecule has 0 radical (unpaired) electrons. The van der Waals surface area contributed by atoms with E-state index in [1.54, 1.807) is 12.4 Å². The first-order chi connectivity index (χ1) is 16.9. The van der Waals surface area contributed by atoms with Gasteiger partial charge in [0.1, 0.15) is 0 Å². The SMILES string of the molecule is [2H]C(c1ccc(-c2ccc(N(C)C)cc2)cc1)N(c1ccccc1)c1cncc(/C=C/C(=O)O)c1. The van der Waals surface area contributed by atoms with Crippen molar-refractivity contribution in [3.63, 3.8) is 0 Å². The second-order valence-corrected chi connectivity index (χ2v) is 8.05. The third kappa shape index (κ3) is 5.70. The molecule has 0 saturated carbocycles. The lowest BCUT2D eigenvalue weighted by atomic mass is 10.0. The van der Waals surface area contributed by atoms with E-state index in [2.05, 4.69) is 34.1 Å². The second kappa shape index (κ2) is 10.5. The number of carboxylic acids is 1. The maximum Gasteiger partial charge on any atom is 0.328 e. The molecule has 5 nitrogen and oxygen atoms in total. The van der Waals surface area contributed by atoms with Gasteiger partial charge in [0.25, 0.3) is 0 Å². The Hall–Kier alpha value is -4.38. The molecule has 1 unspecified atom stereocenters. The van der Waals surface area contributed by atoms with E-state index in [1.165, 1.54) is 6.08 Å². The molecule has 0 aliphatic carbocycles. The number of carbonyl (C=O) groups is 1. The van der Waals surface area contributed by atoms with E-state index in [0.29, 0.717) is 11.3 Å². The zero-order chi connectivity index (χ0) is 24.8. The van der Waals surface area contributed by atoms with Crippen LogP contribution in [0.15, 0.2) is 103 Å². The molecule has 0 bridgehead atoms. The smallest absolute Gasteiger partial charge is 0.328 e. The lowest BCUT2D eigenvalue weighted by molar-refractivity contribution is -0.131. The number of aliphatic carboxylic acids is 1. The third-order valence-corrected chi connectivity index (χ3v) is 5.38. The minimum atomic E-state index is -1.02. The zero-order valence-electron chi connectivity index (χ0n) is 20.2. The highest BCUT2D eigenvalue weighted by atomic mass is 16.4. The molecule has 1 atom stereocenters. The van der Waals surface area contributed by atoms with Gasteiger partial charge in [0.2, 0.25) is 0 Å². The first kappa shape index (κ1) is 21.5. The number of hydrogen-bond donors (Lipinski definition) is 1. The number of anilines is 3. The quantitative estimate of drug-likeness (QED) is 0.322. The van der Waals surface area contributed by atoms with Crippen molar-refractivity contribution in [3.8, 4) is 11.1 Å². The summed E-state index contributed by atoms with van der Waals surface area (Å²) in [6.45, 7) is -0.733. The van der Waals surface area contributed by atoms with Crippen LogP contribution in [-0.2, 0) is 11.3 Å². The number of aromatic nitrogens is 1. The van der Waals surface area contributed by atoms with Crippen LogP contribution in [0.1, 0.15) is 12.5 Å². The lowest BCUT2D eigenvalue weighted by Gasteiger charge is -2.25. The average molecular weight is 451 g/mol. The molecule has 1 aromatic heterocycles. The van der Waals surface area contributed by atoms with Gasteiger partial charge in [-0.3, -0.25) is 4.98 Å². The molecule has 1 heterocycles. The summed E-state index contributed by atoms with van der Waals surface area (Å²) in [5, 5.41) is 8.96. The van der Waals surface area contributed by atoms with Crippen LogP contribution < -0.4 is 9.80 Å². The van der Waals surface area contributed by atoms with Gasteiger partial charge in [-0.15, -0.1) is 0 Å². The average Bonchev–Trinajstić information content (AvgIpc) is 2.88. The van der Waals surface area contributed by atoms with Crippen LogP contribution in [0.5, 0.6) is 0 Å². The fourth-order valence-corrected chi connectivity index (χ4v) is 3.58. The Balaban J connectivity index is 1.66. The van der Waals surface area contributed by atoms with Crippen LogP contribution in [-0.4, -0.2) is 30.2 Å². The van der Waals surface area contributed by atoms with E-state index in [-0.39, 0.29) is 0 Å². The molecular formula is C29H27N3O2. The molecular weight excluding hydrogens is 422 g/mol. The Morgan fingerprint density at radius 1 is 0.882 bits per heavy atom. The van der Waals surface area contributed by atoms with Crippen molar-refractivity contribution in [2.75, 3.05) is 23.9 Å². The maximum atomic E-state index is 10.9. The van der Waals surface area contributed by atoms with Crippen LogP contribution >= 0.6 is 0 Å². The van der Waals surface area contributed by atoms with Gasteiger partial charge in [0.05, 0.1) is 13.3 Å². The van der Waals surface area contributed by atoms with Crippen molar-refractivity contribution in [2.24, 2.45) is 0 Å². The molecule has 0 spiro atoms. The molecule has 5 heteroatoms. The highest BCUT2D eigenvalue weighted by Crippen LogP contribution is 2.29. The van der Waals surface area contributed by atoms with Gasteiger partial charge in [-0.1, -0.05) is 54.6 Å². The summed E-state index contributed by atoms with van der Waals surface area (Å²) in [7, 11) is 4.04. The van der Waals surface area contributed by atoms with Crippen LogP contribution in [0.2, 0.25) is 0 Å². The molecule has 0 amide bonds. The van der Waals surface area contributed by atoms with Gasteiger partial charge >= 0.3 is 5.97 Å². The topological polar surface area (TPSA) is 56.7 Å². The van der Waals surface area contributed by atoms with Crippen LogP contribution in [0, 0.1) is 0 Å². The summed E-state index contributed by atoms with van der Waals surface area (Å²) in [4.78, 5) is 19.2. The maximum absolute atomic E-state index is 10.9. The molecule has 3 aromatic carbocycles. The second-order valence-electron chi connectivity index (χ2n) is 8.05. The third-order valence-electron chi connectivity index (χ3n) is 5.38.